The van der Waals surface area contributed by atoms with Gasteiger partial charge >= 0.3 is 5.97 Å². The van der Waals surface area contributed by atoms with Gasteiger partial charge in [0.05, 0.1) is 27.9 Å². The fourth-order valence-corrected chi connectivity index (χ4v) is 3.91. The number of hydrogen-bond donors (Lipinski definition) is 0. The molecule has 0 spiro atoms. The second-order valence-corrected chi connectivity index (χ2v) is 6.92. The van der Waals surface area contributed by atoms with E-state index < -0.39 is 17.8 Å². The monoisotopic (exact) mass is 410 g/mol. The average Bonchev–Trinajstić information content (AvgIpc) is 2.78. The fraction of sp³-hybridized carbons (Fsp3) is 0.333. The van der Waals surface area contributed by atoms with Crippen molar-refractivity contribution in [1.29, 1.82) is 0 Å². The minimum Gasteiger partial charge on any atom is -0.497 e. The highest BCUT2D eigenvalue weighted by Crippen LogP contribution is 2.47. The molecule has 2 aromatic rings. The zero-order valence-corrected chi connectivity index (χ0v) is 17.6. The molecule has 1 aliphatic rings. The molecule has 0 radical (unpaired) electrons. The molecule has 0 amide bonds. The lowest BCUT2D eigenvalue weighted by atomic mass is 9.73. The number of methoxy groups -OCH3 is 3. The van der Waals surface area contributed by atoms with Crippen molar-refractivity contribution in [2.75, 3.05) is 27.9 Å². The van der Waals surface area contributed by atoms with Gasteiger partial charge in [0.25, 0.3) is 0 Å². The van der Waals surface area contributed by atoms with Gasteiger partial charge in [-0.3, -0.25) is 9.59 Å². The lowest BCUT2D eigenvalue weighted by Crippen LogP contribution is -2.34. The predicted octanol–water partition coefficient (Wildman–Crippen LogP) is 4.03. The molecule has 2 atom stereocenters. The molecule has 0 heterocycles. The Kier molecular flexibility index (Phi) is 6.77. The van der Waals surface area contributed by atoms with E-state index in [0.717, 1.165) is 16.9 Å². The third-order valence-electron chi connectivity index (χ3n) is 5.30. The topological polar surface area (TPSA) is 71.1 Å². The van der Waals surface area contributed by atoms with Gasteiger partial charge in [0.1, 0.15) is 23.2 Å². The molecule has 0 saturated heterocycles. The number of carbonyl (C=O) groups is 2. The maximum Gasteiger partial charge on any atom is 0.317 e. The van der Waals surface area contributed by atoms with Crippen LogP contribution in [0, 0.1) is 5.92 Å². The van der Waals surface area contributed by atoms with Gasteiger partial charge in [-0.25, -0.2) is 0 Å². The van der Waals surface area contributed by atoms with Gasteiger partial charge in [0, 0.05) is 11.5 Å². The van der Waals surface area contributed by atoms with E-state index in [-0.39, 0.29) is 12.4 Å². The van der Waals surface area contributed by atoms with E-state index in [9.17, 15) is 9.59 Å². The van der Waals surface area contributed by atoms with E-state index >= 15 is 0 Å². The Labute approximate surface area is 176 Å². The van der Waals surface area contributed by atoms with Crippen molar-refractivity contribution in [3.8, 4) is 17.2 Å². The number of rotatable bonds is 7. The molecule has 0 bridgehead atoms. The highest BCUT2D eigenvalue weighted by molar-refractivity contribution is 6.10. The fourth-order valence-electron chi connectivity index (χ4n) is 3.91. The normalized spacial score (nSPS) is 18.4. The summed E-state index contributed by atoms with van der Waals surface area (Å²) in [6.07, 6.45) is 2.00. The van der Waals surface area contributed by atoms with Crippen LogP contribution in [0.25, 0.3) is 5.57 Å². The molecule has 3 rings (SSSR count). The van der Waals surface area contributed by atoms with Crippen LogP contribution in [0.1, 0.15) is 30.4 Å². The third kappa shape index (κ3) is 4.17. The maximum absolute atomic E-state index is 13.1. The van der Waals surface area contributed by atoms with E-state index in [4.69, 9.17) is 18.9 Å². The Bertz CT molecular complexity index is 922. The molecule has 158 valence electrons. The number of carbonyl (C=O) groups excluding carboxylic acids is 2. The first-order valence-electron chi connectivity index (χ1n) is 9.80. The van der Waals surface area contributed by atoms with Crippen LogP contribution in [0.5, 0.6) is 17.2 Å². The SMILES string of the molecule is CCOC(=O)C1C(=O)C=C(c2ccc(OC)cc2)CC1c1c(OC)cccc1OC. The summed E-state index contributed by atoms with van der Waals surface area (Å²) in [5.41, 5.74) is 2.42. The Morgan fingerprint density at radius 1 is 0.967 bits per heavy atom. The number of esters is 1. The molecule has 30 heavy (non-hydrogen) atoms. The van der Waals surface area contributed by atoms with Gasteiger partial charge in [0.15, 0.2) is 5.78 Å². The molecule has 0 saturated carbocycles. The summed E-state index contributed by atoms with van der Waals surface area (Å²) in [5, 5.41) is 0. The van der Waals surface area contributed by atoms with Crippen LogP contribution in [0.4, 0.5) is 0 Å². The molecule has 6 nitrogen and oxygen atoms in total. The molecule has 0 aliphatic heterocycles. The Morgan fingerprint density at radius 3 is 2.13 bits per heavy atom. The van der Waals surface area contributed by atoms with Gasteiger partial charge in [0.2, 0.25) is 0 Å². The van der Waals surface area contributed by atoms with Gasteiger partial charge in [-0.2, -0.15) is 0 Å². The quantitative estimate of drug-likeness (QED) is 0.507. The first kappa shape index (κ1) is 21.4. The summed E-state index contributed by atoms with van der Waals surface area (Å²) < 4.78 is 21.6. The van der Waals surface area contributed by atoms with Crippen LogP contribution in [0.2, 0.25) is 0 Å². The van der Waals surface area contributed by atoms with E-state index in [2.05, 4.69) is 0 Å². The largest absolute Gasteiger partial charge is 0.497 e. The predicted molar refractivity (Wildman–Crippen MR) is 113 cm³/mol. The number of hydrogen-bond acceptors (Lipinski definition) is 6. The van der Waals surface area contributed by atoms with Gasteiger partial charge < -0.3 is 18.9 Å². The molecular weight excluding hydrogens is 384 g/mol. The first-order valence-corrected chi connectivity index (χ1v) is 9.80. The molecule has 0 N–H and O–H groups in total. The number of benzene rings is 2. The van der Waals surface area contributed by atoms with E-state index in [1.807, 2.05) is 30.3 Å². The standard InChI is InChI=1S/C24H26O6/c1-5-30-24(26)22-18(23-20(28-3)7-6-8-21(23)29-4)13-16(14-19(22)25)15-9-11-17(27-2)12-10-15/h6-12,14,18,22H,5,13H2,1-4H3. The van der Waals surface area contributed by atoms with Crippen molar-refractivity contribution in [2.45, 2.75) is 19.3 Å². The van der Waals surface area contributed by atoms with E-state index in [1.165, 1.54) is 0 Å². The average molecular weight is 410 g/mol. The lowest BCUT2D eigenvalue weighted by molar-refractivity contribution is -0.151. The Hall–Kier alpha value is -3.28. The van der Waals surface area contributed by atoms with Crippen LogP contribution < -0.4 is 14.2 Å². The highest BCUT2D eigenvalue weighted by atomic mass is 16.5. The van der Waals surface area contributed by atoms with Crippen LogP contribution in [-0.4, -0.2) is 39.7 Å². The summed E-state index contributed by atoms with van der Waals surface area (Å²) in [4.78, 5) is 25.9. The van der Waals surface area contributed by atoms with E-state index in [0.29, 0.717) is 23.5 Å². The molecule has 1 aliphatic carbocycles. The highest BCUT2D eigenvalue weighted by Gasteiger charge is 2.42. The number of allylic oxidation sites excluding steroid dienone is 2. The minimum absolute atomic E-state index is 0.202. The number of ketones is 1. The van der Waals surface area contributed by atoms with Crippen LogP contribution in [0.3, 0.4) is 0 Å². The van der Waals surface area contributed by atoms with Crippen molar-refractivity contribution in [2.24, 2.45) is 5.92 Å². The maximum atomic E-state index is 13.1. The molecule has 0 aromatic heterocycles. The second kappa shape index (κ2) is 9.48. The summed E-state index contributed by atoms with van der Waals surface area (Å²) in [7, 11) is 4.72. The molecule has 6 heteroatoms. The van der Waals surface area contributed by atoms with Gasteiger partial charge in [-0.05, 0) is 54.8 Å². The molecule has 2 aromatic carbocycles. The van der Waals surface area contributed by atoms with Gasteiger partial charge in [-0.1, -0.05) is 18.2 Å². The lowest BCUT2D eigenvalue weighted by Gasteiger charge is -2.31. The van der Waals surface area contributed by atoms with Crippen molar-refractivity contribution in [1.82, 2.24) is 0 Å². The Balaban J connectivity index is 2.11. The van der Waals surface area contributed by atoms with Crippen LogP contribution in [-0.2, 0) is 14.3 Å². The van der Waals surface area contributed by atoms with Crippen LogP contribution >= 0.6 is 0 Å². The minimum atomic E-state index is -0.961. The van der Waals surface area contributed by atoms with Crippen molar-refractivity contribution in [3.63, 3.8) is 0 Å². The molecular formula is C24H26O6. The zero-order chi connectivity index (χ0) is 21.7. The summed E-state index contributed by atoms with van der Waals surface area (Å²) in [6, 6.07) is 12.9. The van der Waals surface area contributed by atoms with Crippen molar-refractivity contribution < 1.29 is 28.5 Å². The second-order valence-electron chi connectivity index (χ2n) is 6.92. The summed E-state index contributed by atoms with van der Waals surface area (Å²) in [5.74, 6) is -0.403. The molecule has 2 unspecified atom stereocenters. The van der Waals surface area contributed by atoms with Crippen molar-refractivity contribution in [3.05, 3.63) is 59.7 Å². The Morgan fingerprint density at radius 2 is 1.60 bits per heavy atom. The van der Waals surface area contributed by atoms with Crippen LogP contribution in [0.15, 0.2) is 48.5 Å². The first-order chi connectivity index (χ1) is 14.5. The summed E-state index contributed by atoms with van der Waals surface area (Å²) >= 11 is 0. The third-order valence-corrected chi connectivity index (χ3v) is 5.30. The summed E-state index contributed by atoms with van der Waals surface area (Å²) in [6.45, 7) is 1.93. The smallest absolute Gasteiger partial charge is 0.317 e. The van der Waals surface area contributed by atoms with Gasteiger partial charge in [-0.15, -0.1) is 0 Å². The number of ether oxygens (including phenoxy) is 4. The van der Waals surface area contributed by atoms with Crippen molar-refractivity contribution >= 4 is 17.3 Å². The zero-order valence-electron chi connectivity index (χ0n) is 17.6. The van der Waals surface area contributed by atoms with E-state index in [1.54, 1.807) is 46.5 Å². The molecule has 0 fully saturated rings.